The number of halogens is 1. The van der Waals surface area contributed by atoms with Gasteiger partial charge >= 0.3 is 5.97 Å². The van der Waals surface area contributed by atoms with Crippen molar-refractivity contribution in [3.63, 3.8) is 0 Å². The van der Waals surface area contributed by atoms with E-state index in [2.05, 4.69) is 25.6 Å². The van der Waals surface area contributed by atoms with Crippen LogP contribution in [0.2, 0.25) is 0 Å². The lowest BCUT2D eigenvalue weighted by Gasteiger charge is -2.20. The van der Waals surface area contributed by atoms with Gasteiger partial charge in [-0.1, -0.05) is 35.8 Å². The summed E-state index contributed by atoms with van der Waals surface area (Å²) in [6.07, 6.45) is 1.60. The molecule has 0 saturated heterocycles. The zero-order chi connectivity index (χ0) is 18.4. The van der Waals surface area contributed by atoms with E-state index in [-0.39, 0.29) is 17.4 Å². The molecule has 0 spiro atoms. The minimum Gasteiger partial charge on any atom is -0.458 e. The fourth-order valence-electron chi connectivity index (χ4n) is 2.02. The lowest BCUT2D eigenvalue weighted by Crippen LogP contribution is -2.45. The topological polar surface area (TPSA) is 85.4 Å². The highest BCUT2D eigenvalue weighted by atomic mass is 79.9. The number of hydrogen-bond donors (Lipinski definition) is 1. The van der Waals surface area contributed by atoms with Crippen LogP contribution in [0.15, 0.2) is 58.0 Å². The first-order chi connectivity index (χ1) is 11.8. The van der Waals surface area contributed by atoms with Gasteiger partial charge in [0.25, 0.3) is 0 Å². The second-order valence-corrected chi connectivity index (χ2v) is 8.36. The number of aromatic nitrogens is 1. The largest absolute Gasteiger partial charge is 0.458 e. The minimum absolute atomic E-state index is 0.0110. The molecule has 0 unspecified atom stereocenters. The monoisotopic (exact) mass is 426 g/mol. The fourth-order valence-corrected chi connectivity index (χ4v) is 3.62. The Kier molecular flexibility index (Phi) is 6.69. The third kappa shape index (κ3) is 5.62. The van der Waals surface area contributed by atoms with Crippen LogP contribution >= 0.6 is 15.9 Å². The molecule has 0 amide bonds. The van der Waals surface area contributed by atoms with Crippen LogP contribution in [0, 0.1) is 5.92 Å². The van der Waals surface area contributed by atoms with Gasteiger partial charge in [-0.25, -0.2) is 8.42 Å². The van der Waals surface area contributed by atoms with Crippen molar-refractivity contribution in [2.24, 2.45) is 5.92 Å². The predicted octanol–water partition coefficient (Wildman–Crippen LogP) is 2.89. The molecule has 1 N–H and O–H groups in total. The zero-order valence-electron chi connectivity index (χ0n) is 13.8. The van der Waals surface area contributed by atoms with Crippen LogP contribution < -0.4 is 4.72 Å². The van der Waals surface area contributed by atoms with E-state index in [4.69, 9.17) is 4.74 Å². The molecule has 0 fully saturated rings. The first-order valence-corrected chi connectivity index (χ1v) is 9.91. The molecular formula is C17H19BrN2O4S. The summed E-state index contributed by atoms with van der Waals surface area (Å²) >= 11 is 3.26. The van der Waals surface area contributed by atoms with E-state index in [1.165, 1.54) is 12.1 Å². The van der Waals surface area contributed by atoms with Gasteiger partial charge in [0, 0.05) is 10.7 Å². The van der Waals surface area contributed by atoms with E-state index in [9.17, 15) is 13.2 Å². The predicted molar refractivity (Wildman–Crippen MR) is 97.1 cm³/mol. The van der Waals surface area contributed by atoms with Crippen molar-refractivity contribution in [2.45, 2.75) is 31.4 Å². The van der Waals surface area contributed by atoms with Crippen molar-refractivity contribution in [1.82, 2.24) is 9.71 Å². The van der Waals surface area contributed by atoms with Gasteiger partial charge in [-0.05, 0) is 42.3 Å². The smallest absolute Gasteiger partial charge is 0.324 e. The lowest BCUT2D eigenvalue weighted by atomic mass is 10.1. The van der Waals surface area contributed by atoms with Gasteiger partial charge in [0.05, 0.1) is 10.6 Å². The van der Waals surface area contributed by atoms with Crippen LogP contribution in [0.25, 0.3) is 0 Å². The summed E-state index contributed by atoms with van der Waals surface area (Å²) in [5.41, 5.74) is 0.592. The Hall–Kier alpha value is -1.77. The molecule has 25 heavy (non-hydrogen) atoms. The highest BCUT2D eigenvalue weighted by Crippen LogP contribution is 2.16. The van der Waals surface area contributed by atoms with Crippen molar-refractivity contribution in [3.05, 3.63) is 58.8 Å². The molecule has 2 aromatic rings. The maximum atomic E-state index is 12.5. The maximum Gasteiger partial charge on any atom is 0.324 e. The number of sulfonamides is 1. The molecule has 0 bridgehead atoms. The standard InChI is InChI=1S/C17H19BrN2O4S/c1-12(2)16(17(21)24-11-14-5-3-4-10-19-14)20-25(22,23)15-8-6-13(18)7-9-15/h3-10,12,16,20H,11H2,1-2H3/t16-/m1/s1. The molecule has 0 saturated carbocycles. The number of nitrogens with zero attached hydrogens (tertiary/aromatic N) is 1. The van der Waals surface area contributed by atoms with Gasteiger partial charge < -0.3 is 4.74 Å². The Balaban J connectivity index is 2.09. The number of hydrogen-bond acceptors (Lipinski definition) is 5. The summed E-state index contributed by atoms with van der Waals surface area (Å²) < 4.78 is 33.4. The van der Waals surface area contributed by atoms with Crippen molar-refractivity contribution in [3.8, 4) is 0 Å². The molecule has 8 heteroatoms. The number of esters is 1. The molecule has 1 atom stereocenters. The van der Waals surface area contributed by atoms with E-state index in [0.29, 0.717) is 5.69 Å². The Bertz CT molecular complexity index is 808. The number of pyridine rings is 1. The van der Waals surface area contributed by atoms with Crippen molar-refractivity contribution in [2.75, 3.05) is 0 Å². The molecule has 1 heterocycles. The Labute approximate surface area is 155 Å². The molecule has 0 aliphatic carbocycles. The van der Waals surface area contributed by atoms with Crippen LogP contribution in [0.1, 0.15) is 19.5 Å². The summed E-state index contributed by atoms with van der Waals surface area (Å²) in [7, 11) is -3.84. The van der Waals surface area contributed by atoms with E-state index >= 15 is 0 Å². The Morgan fingerprint density at radius 3 is 2.44 bits per heavy atom. The van der Waals surface area contributed by atoms with E-state index in [0.717, 1.165) is 4.47 Å². The highest BCUT2D eigenvalue weighted by molar-refractivity contribution is 9.10. The molecule has 1 aromatic carbocycles. The van der Waals surface area contributed by atoms with Gasteiger partial charge in [0.15, 0.2) is 0 Å². The SMILES string of the molecule is CC(C)[C@@H](NS(=O)(=O)c1ccc(Br)cc1)C(=O)OCc1ccccn1. The Morgan fingerprint density at radius 1 is 1.20 bits per heavy atom. The van der Waals surface area contributed by atoms with E-state index in [1.54, 1.807) is 50.4 Å². The quantitative estimate of drug-likeness (QED) is 0.687. The van der Waals surface area contributed by atoms with Crippen molar-refractivity contribution >= 4 is 31.9 Å². The van der Waals surface area contributed by atoms with E-state index < -0.39 is 22.0 Å². The normalized spacial score (nSPS) is 12.8. The third-order valence-corrected chi connectivity index (χ3v) is 5.40. The number of nitrogens with one attached hydrogen (secondary N) is 1. The van der Waals surface area contributed by atoms with Crippen LogP contribution in [-0.4, -0.2) is 25.4 Å². The average molecular weight is 427 g/mol. The summed E-state index contributed by atoms with van der Waals surface area (Å²) in [6.45, 7) is 3.48. The summed E-state index contributed by atoms with van der Waals surface area (Å²) in [4.78, 5) is 16.5. The average Bonchev–Trinajstić information content (AvgIpc) is 2.58. The second-order valence-electron chi connectivity index (χ2n) is 5.73. The molecule has 1 aromatic heterocycles. The van der Waals surface area contributed by atoms with Crippen LogP contribution in [0.3, 0.4) is 0 Å². The maximum absolute atomic E-state index is 12.5. The minimum atomic E-state index is -3.84. The van der Waals surface area contributed by atoms with Crippen LogP contribution in [-0.2, 0) is 26.2 Å². The number of carbonyl (C=O) groups excluding carboxylic acids is 1. The summed E-state index contributed by atoms with van der Waals surface area (Å²) in [5.74, 6) is -0.914. The highest BCUT2D eigenvalue weighted by Gasteiger charge is 2.29. The lowest BCUT2D eigenvalue weighted by molar-refractivity contribution is -0.148. The molecule has 0 aliphatic rings. The van der Waals surface area contributed by atoms with Crippen LogP contribution in [0.5, 0.6) is 0 Å². The van der Waals surface area contributed by atoms with E-state index in [1.807, 2.05) is 0 Å². The molecule has 2 rings (SSSR count). The van der Waals surface area contributed by atoms with Crippen molar-refractivity contribution in [1.29, 1.82) is 0 Å². The third-order valence-electron chi connectivity index (χ3n) is 3.42. The number of benzene rings is 1. The second kappa shape index (κ2) is 8.55. The van der Waals surface area contributed by atoms with Gasteiger partial charge in [-0.2, -0.15) is 4.72 Å². The zero-order valence-corrected chi connectivity index (χ0v) is 16.2. The fraction of sp³-hybridized carbons (Fsp3) is 0.294. The first-order valence-electron chi connectivity index (χ1n) is 7.64. The molecule has 0 aliphatic heterocycles. The van der Waals surface area contributed by atoms with Crippen molar-refractivity contribution < 1.29 is 17.9 Å². The summed E-state index contributed by atoms with van der Waals surface area (Å²) in [5, 5.41) is 0. The molecule has 6 nitrogen and oxygen atoms in total. The van der Waals surface area contributed by atoms with Gasteiger partial charge in [-0.3, -0.25) is 9.78 Å². The van der Waals surface area contributed by atoms with Crippen LogP contribution in [0.4, 0.5) is 0 Å². The molecular weight excluding hydrogens is 408 g/mol. The van der Waals surface area contributed by atoms with Gasteiger partial charge in [0.2, 0.25) is 10.0 Å². The first kappa shape index (κ1) is 19.6. The number of carbonyl (C=O) groups is 1. The Morgan fingerprint density at radius 2 is 1.88 bits per heavy atom. The number of rotatable bonds is 7. The van der Waals surface area contributed by atoms with Gasteiger partial charge in [-0.15, -0.1) is 0 Å². The number of ether oxygens (including phenoxy) is 1. The summed E-state index contributed by atoms with van der Waals surface area (Å²) in [6, 6.07) is 10.4. The molecule has 0 radical (unpaired) electrons. The molecule has 134 valence electrons. The van der Waals surface area contributed by atoms with Gasteiger partial charge in [0.1, 0.15) is 12.6 Å².